The Balaban J connectivity index is 0.00000200. The Morgan fingerprint density at radius 3 is 2.55 bits per heavy atom. The summed E-state index contributed by atoms with van der Waals surface area (Å²) < 4.78 is 1.02. The fourth-order valence-corrected chi connectivity index (χ4v) is 2.46. The average molecular weight is 363 g/mol. The van der Waals surface area contributed by atoms with Gasteiger partial charge < -0.3 is 10.2 Å². The van der Waals surface area contributed by atoms with Crippen molar-refractivity contribution in [2.75, 3.05) is 45.1 Å². The third-order valence-electron chi connectivity index (χ3n) is 3.42. The van der Waals surface area contributed by atoms with Crippen molar-refractivity contribution in [3.63, 3.8) is 0 Å². The second kappa shape index (κ2) is 7.98. The Morgan fingerprint density at radius 2 is 1.95 bits per heavy atom. The number of hydrogen-bond acceptors (Lipinski definition) is 3. The zero-order chi connectivity index (χ0) is 13.8. The van der Waals surface area contributed by atoms with E-state index in [0.29, 0.717) is 6.54 Å². The molecule has 1 fully saturated rings. The highest BCUT2D eigenvalue weighted by molar-refractivity contribution is 9.10. The molecule has 1 aromatic carbocycles. The summed E-state index contributed by atoms with van der Waals surface area (Å²) >= 11 is 3.47. The number of likely N-dealkylation sites (N-methyl/N-ethyl adjacent to an activating group) is 1. The van der Waals surface area contributed by atoms with Crippen molar-refractivity contribution in [3.05, 3.63) is 28.2 Å². The molecular weight excluding hydrogens is 342 g/mol. The van der Waals surface area contributed by atoms with Crippen LogP contribution in [0.4, 0.5) is 5.69 Å². The van der Waals surface area contributed by atoms with E-state index in [1.54, 1.807) is 0 Å². The van der Waals surface area contributed by atoms with Gasteiger partial charge in [0, 0.05) is 36.3 Å². The third kappa shape index (κ3) is 5.05. The second-order valence-corrected chi connectivity index (χ2v) is 5.95. The van der Waals surface area contributed by atoms with Crippen LogP contribution in [-0.4, -0.2) is 55.5 Å². The monoisotopic (exact) mass is 361 g/mol. The van der Waals surface area contributed by atoms with Crippen molar-refractivity contribution in [2.45, 2.75) is 6.92 Å². The number of piperazine rings is 1. The van der Waals surface area contributed by atoms with Crippen LogP contribution in [0.3, 0.4) is 0 Å². The Morgan fingerprint density at radius 1 is 1.30 bits per heavy atom. The Labute approximate surface area is 135 Å². The molecule has 2 rings (SSSR count). The molecule has 1 saturated heterocycles. The van der Waals surface area contributed by atoms with Crippen LogP contribution in [0.5, 0.6) is 0 Å². The first-order valence-corrected chi connectivity index (χ1v) is 7.31. The van der Waals surface area contributed by atoms with Gasteiger partial charge >= 0.3 is 0 Å². The SMILES string of the molecule is Cc1ccc(NC(=O)CN2CCN(C)CC2)cc1Br.Cl. The van der Waals surface area contributed by atoms with Gasteiger partial charge in [-0.25, -0.2) is 0 Å². The van der Waals surface area contributed by atoms with Gasteiger partial charge in [-0.1, -0.05) is 22.0 Å². The molecule has 1 aliphatic heterocycles. The summed E-state index contributed by atoms with van der Waals surface area (Å²) in [5.74, 6) is 0.0558. The molecule has 0 atom stereocenters. The van der Waals surface area contributed by atoms with Crippen molar-refractivity contribution < 1.29 is 4.79 Å². The Bertz CT molecular complexity index is 462. The first-order chi connectivity index (χ1) is 9.04. The topological polar surface area (TPSA) is 35.6 Å². The number of halogens is 2. The van der Waals surface area contributed by atoms with Crippen LogP contribution in [0, 0.1) is 6.92 Å². The van der Waals surface area contributed by atoms with E-state index >= 15 is 0 Å². The average Bonchev–Trinajstić information content (AvgIpc) is 2.37. The molecule has 0 aliphatic carbocycles. The Kier molecular flexibility index (Phi) is 6.95. The molecule has 6 heteroatoms. The van der Waals surface area contributed by atoms with Crippen molar-refractivity contribution in [1.82, 2.24) is 9.80 Å². The number of carbonyl (C=O) groups is 1. The predicted molar refractivity (Wildman–Crippen MR) is 88.7 cm³/mol. The van der Waals surface area contributed by atoms with Crippen LogP contribution < -0.4 is 5.32 Å². The van der Waals surface area contributed by atoms with E-state index in [1.165, 1.54) is 0 Å². The van der Waals surface area contributed by atoms with Gasteiger partial charge in [-0.3, -0.25) is 9.69 Å². The van der Waals surface area contributed by atoms with Gasteiger partial charge in [-0.15, -0.1) is 12.4 Å². The second-order valence-electron chi connectivity index (χ2n) is 5.09. The first kappa shape index (κ1) is 17.4. The number of hydrogen-bond donors (Lipinski definition) is 1. The highest BCUT2D eigenvalue weighted by Crippen LogP contribution is 2.20. The summed E-state index contributed by atoms with van der Waals surface area (Å²) in [4.78, 5) is 16.5. The molecule has 1 aliphatic rings. The number of rotatable bonds is 3. The maximum absolute atomic E-state index is 12.0. The lowest BCUT2D eigenvalue weighted by molar-refractivity contribution is -0.117. The lowest BCUT2D eigenvalue weighted by Gasteiger charge is -2.31. The first-order valence-electron chi connectivity index (χ1n) is 6.51. The summed E-state index contributed by atoms with van der Waals surface area (Å²) in [6.07, 6.45) is 0. The van der Waals surface area contributed by atoms with E-state index in [0.717, 1.165) is 41.9 Å². The summed E-state index contributed by atoms with van der Waals surface area (Å²) in [5.41, 5.74) is 2.01. The number of carbonyl (C=O) groups excluding carboxylic acids is 1. The van der Waals surface area contributed by atoms with Gasteiger partial charge in [0.15, 0.2) is 0 Å². The van der Waals surface area contributed by atoms with Crippen molar-refractivity contribution in [2.24, 2.45) is 0 Å². The minimum Gasteiger partial charge on any atom is -0.325 e. The largest absolute Gasteiger partial charge is 0.325 e. The van der Waals surface area contributed by atoms with E-state index < -0.39 is 0 Å². The van der Waals surface area contributed by atoms with E-state index in [1.807, 2.05) is 25.1 Å². The molecule has 0 radical (unpaired) electrons. The molecule has 1 heterocycles. The normalized spacial score (nSPS) is 16.6. The summed E-state index contributed by atoms with van der Waals surface area (Å²) in [5, 5.41) is 2.94. The number of nitrogens with zero attached hydrogens (tertiary/aromatic N) is 2. The quantitative estimate of drug-likeness (QED) is 0.896. The molecule has 0 aromatic heterocycles. The number of benzene rings is 1. The zero-order valence-corrected chi connectivity index (χ0v) is 14.3. The highest BCUT2D eigenvalue weighted by Gasteiger charge is 2.16. The van der Waals surface area contributed by atoms with Gasteiger partial charge in [-0.05, 0) is 31.7 Å². The van der Waals surface area contributed by atoms with Crippen LogP contribution in [0.25, 0.3) is 0 Å². The molecule has 0 unspecified atom stereocenters. The third-order valence-corrected chi connectivity index (χ3v) is 4.27. The van der Waals surface area contributed by atoms with Gasteiger partial charge in [-0.2, -0.15) is 0 Å². The van der Waals surface area contributed by atoms with E-state index in [9.17, 15) is 4.79 Å². The molecule has 0 spiro atoms. The van der Waals surface area contributed by atoms with Crippen LogP contribution in [0.15, 0.2) is 22.7 Å². The molecule has 0 saturated carbocycles. The minimum absolute atomic E-state index is 0. The molecule has 112 valence electrons. The molecule has 0 bridgehead atoms. The predicted octanol–water partition coefficient (Wildman–Crippen LogP) is 2.37. The highest BCUT2D eigenvalue weighted by atomic mass is 79.9. The smallest absolute Gasteiger partial charge is 0.238 e. The van der Waals surface area contributed by atoms with E-state index in [2.05, 4.69) is 38.1 Å². The van der Waals surface area contributed by atoms with E-state index in [4.69, 9.17) is 0 Å². The molecular formula is C14H21BrClN3O. The summed E-state index contributed by atoms with van der Waals surface area (Å²) in [6.45, 7) is 6.48. The van der Waals surface area contributed by atoms with Crippen molar-refractivity contribution >= 4 is 39.9 Å². The fraction of sp³-hybridized carbons (Fsp3) is 0.500. The van der Waals surface area contributed by atoms with Gasteiger partial charge in [0.25, 0.3) is 0 Å². The Hall–Kier alpha value is -0.620. The minimum atomic E-state index is 0. The lowest BCUT2D eigenvalue weighted by atomic mass is 10.2. The molecule has 1 N–H and O–H groups in total. The fourth-order valence-electron chi connectivity index (χ4n) is 2.08. The molecule has 20 heavy (non-hydrogen) atoms. The number of amides is 1. The van der Waals surface area contributed by atoms with Crippen LogP contribution >= 0.6 is 28.3 Å². The number of nitrogens with one attached hydrogen (secondary N) is 1. The standard InChI is InChI=1S/C14H20BrN3O.ClH/c1-11-3-4-12(9-13(11)15)16-14(19)10-18-7-5-17(2)6-8-18;/h3-4,9H,5-8,10H2,1-2H3,(H,16,19);1H. The van der Waals surface area contributed by atoms with Crippen LogP contribution in [0.2, 0.25) is 0 Å². The number of anilines is 1. The maximum atomic E-state index is 12.0. The summed E-state index contributed by atoms with van der Waals surface area (Å²) in [6, 6.07) is 5.87. The van der Waals surface area contributed by atoms with Crippen LogP contribution in [0.1, 0.15) is 5.56 Å². The van der Waals surface area contributed by atoms with Crippen molar-refractivity contribution in [3.8, 4) is 0 Å². The van der Waals surface area contributed by atoms with E-state index in [-0.39, 0.29) is 18.3 Å². The summed E-state index contributed by atoms with van der Waals surface area (Å²) in [7, 11) is 2.11. The number of aryl methyl sites for hydroxylation is 1. The molecule has 1 amide bonds. The van der Waals surface area contributed by atoms with Gasteiger partial charge in [0.05, 0.1) is 6.54 Å². The maximum Gasteiger partial charge on any atom is 0.238 e. The van der Waals surface area contributed by atoms with Crippen molar-refractivity contribution in [1.29, 1.82) is 0 Å². The molecule has 1 aromatic rings. The van der Waals surface area contributed by atoms with Crippen LogP contribution in [-0.2, 0) is 4.79 Å². The van der Waals surface area contributed by atoms with Gasteiger partial charge in [0.1, 0.15) is 0 Å². The zero-order valence-electron chi connectivity index (χ0n) is 11.9. The lowest BCUT2D eigenvalue weighted by Crippen LogP contribution is -2.47. The molecule has 4 nitrogen and oxygen atoms in total. The van der Waals surface area contributed by atoms with Gasteiger partial charge in [0.2, 0.25) is 5.91 Å².